The lowest BCUT2D eigenvalue weighted by atomic mass is 9.94. The number of amides is 1. The van der Waals surface area contributed by atoms with E-state index in [9.17, 15) is 14.7 Å². The first-order valence-electron chi connectivity index (χ1n) is 15.8. The van der Waals surface area contributed by atoms with Gasteiger partial charge < -0.3 is 19.3 Å². The average Bonchev–Trinajstić information content (AvgIpc) is 3.75. The molecule has 1 fully saturated rings. The van der Waals surface area contributed by atoms with E-state index in [0.29, 0.717) is 63.3 Å². The summed E-state index contributed by atoms with van der Waals surface area (Å²) in [6.45, 7) is 8.99. The van der Waals surface area contributed by atoms with Crippen LogP contribution < -0.4 is 19.1 Å². The van der Waals surface area contributed by atoms with E-state index >= 15 is 0 Å². The van der Waals surface area contributed by atoms with Crippen LogP contribution in [0.2, 0.25) is 5.02 Å². The van der Waals surface area contributed by atoms with Crippen LogP contribution in [-0.4, -0.2) is 46.3 Å². The summed E-state index contributed by atoms with van der Waals surface area (Å²) in [5.41, 5.74) is 2.77. The van der Waals surface area contributed by atoms with Gasteiger partial charge in [0.25, 0.3) is 5.78 Å². The minimum absolute atomic E-state index is 0.00335. The number of ether oxygens (including phenoxy) is 3. The van der Waals surface area contributed by atoms with Gasteiger partial charge in [0.05, 0.1) is 24.8 Å². The Labute approximate surface area is 292 Å². The topological polar surface area (TPSA) is 111 Å². The summed E-state index contributed by atoms with van der Waals surface area (Å²) in [6, 6.07) is 17.2. The van der Waals surface area contributed by atoms with Gasteiger partial charge in [-0.1, -0.05) is 72.8 Å². The zero-order chi connectivity index (χ0) is 33.9. The number of aliphatic hydroxyl groups excluding tert-OH is 1. The summed E-state index contributed by atoms with van der Waals surface area (Å²) in [6.07, 6.45) is 1.54. The van der Waals surface area contributed by atoms with E-state index in [0.717, 1.165) is 23.3 Å². The van der Waals surface area contributed by atoms with Crippen LogP contribution in [0, 0.1) is 5.92 Å². The maximum absolute atomic E-state index is 13.9. The van der Waals surface area contributed by atoms with E-state index in [1.807, 2.05) is 44.2 Å². The summed E-state index contributed by atoms with van der Waals surface area (Å²) >= 11 is 8.97. The Hall–Kier alpha value is -4.06. The molecule has 4 aromatic rings. The number of Topliss-reactive ketones (excluding diaryl/α,β-unsaturated/α-hetero) is 1. The predicted octanol–water partition coefficient (Wildman–Crippen LogP) is 8.26. The maximum atomic E-state index is 13.9. The van der Waals surface area contributed by atoms with Gasteiger partial charge in [-0.15, -0.1) is 10.2 Å². The molecule has 1 aromatic heterocycles. The van der Waals surface area contributed by atoms with Crippen LogP contribution in [0.15, 0.2) is 70.6 Å². The average molecular weight is 706 g/mol. The Kier molecular flexibility index (Phi) is 10.3. The van der Waals surface area contributed by atoms with Crippen molar-refractivity contribution in [1.82, 2.24) is 10.2 Å². The second kappa shape index (κ2) is 14.6. The normalized spacial score (nSPS) is 18.3. The first kappa shape index (κ1) is 33.8. The number of carbonyl (C=O) groups is 2. The van der Waals surface area contributed by atoms with E-state index in [2.05, 4.69) is 24.0 Å². The van der Waals surface area contributed by atoms with Crippen LogP contribution in [0.4, 0.5) is 5.13 Å². The Balaban J connectivity index is 1.41. The molecule has 1 amide bonds. The van der Waals surface area contributed by atoms with Gasteiger partial charge in [-0.05, 0) is 79.3 Å². The van der Waals surface area contributed by atoms with Crippen molar-refractivity contribution in [1.29, 1.82) is 0 Å². The molecule has 6 rings (SSSR count). The molecular formula is C36H36ClN3O6S2. The molecule has 3 heterocycles. The molecule has 2 aliphatic rings. The van der Waals surface area contributed by atoms with Crippen LogP contribution in [0.3, 0.4) is 0 Å². The second-order valence-electron chi connectivity index (χ2n) is 12.0. The maximum Gasteiger partial charge on any atom is 0.301 e. The van der Waals surface area contributed by atoms with Crippen LogP contribution in [0.1, 0.15) is 62.4 Å². The standard InChI is InChI=1S/C36H36ClN3O6S2/c1-5-44-29-18-22(10-13-28(29)45-15-14-20(2)3)31-30(32(41)23-11-12-27-25(17-23)16-21(4)46-27)33(42)34(43)40(31)35-38-39-36(48-35)47-19-24-8-6-7-9-26(24)37/h6-13,17-18,20-21,31,41H,5,14-16,19H2,1-4H3. The van der Waals surface area contributed by atoms with Gasteiger partial charge in [-0.2, -0.15) is 0 Å². The Morgan fingerprint density at radius 3 is 2.69 bits per heavy atom. The largest absolute Gasteiger partial charge is 0.507 e. The number of ketones is 1. The minimum Gasteiger partial charge on any atom is -0.507 e. The third kappa shape index (κ3) is 7.04. The highest BCUT2D eigenvalue weighted by Crippen LogP contribution is 2.46. The lowest BCUT2D eigenvalue weighted by Gasteiger charge is -2.24. The summed E-state index contributed by atoms with van der Waals surface area (Å²) in [4.78, 5) is 29.0. The molecule has 2 unspecified atom stereocenters. The van der Waals surface area contributed by atoms with E-state index < -0.39 is 17.7 Å². The third-order valence-electron chi connectivity index (χ3n) is 8.06. The molecule has 250 valence electrons. The molecule has 0 bridgehead atoms. The summed E-state index contributed by atoms with van der Waals surface area (Å²) in [5, 5.41) is 21.3. The zero-order valence-corrected chi connectivity index (χ0v) is 29.5. The monoisotopic (exact) mass is 705 g/mol. The highest BCUT2D eigenvalue weighted by Gasteiger charge is 2.48. The Morgan fingerprint density at radius 1 is 1.10 bits per heavy atom. The fraction of sp³-hybridized carbons (Fsp3) is 0.333. The van der Waals surface area contributed by atoms with Gasteiger partial charge >= 0.3 is 5.91 Å². The molecule has 0 aliphatic carbocycles. The smallest absolute Gasteiger partial charge is 0.301 e. The molecule has 12 heteroatoms. The Bertz CT molecular complexity index is 1880. The van der Waals surface area contributed by atoms with Crippen LogP contribution >= 0.6 is 34.7 Å². The second-order valence-corrected chi connectivity index (χ2v) is 14.6. The highest BCUT2D eigenvalue weighted by atomic mass is 35.5. The number of carbonyl (C=O) groups excluding carboxylic acids is 2. The van der Waals surface area contributed by atoms with Gasteiger partial charge in [-0.3, -0.25) is 14.5 Å². The molecule has 1 N–H and O–H groups in total. The number of rotatable bonds is 12. The summed E-state index contributed by atoms with van der Waals surface area (Å²) in [5.74, 6) is 0.867. The summed E-state index contributed by atoms with van der Waals surface area (Å²) < 4.78 is 18.5. The molecule has 2 atom stereocenters. The van der Waals surface area contributed by atoms with Crippen molar-refractivity contribution < 1.29 is 28.9 Å². The SMILES string of the molecule is CCOc1cc(C2C(=C(O)c3ccc4c(c3)CC(C)O4)C(=O)C(=O)N2c2nnc(SCc3ccccc3Cl)s2)ccc1OCCC(C)C. The van der Waals surface area contributed by atoms with Gasteiger partial charge in [0.2, 0.25) is 5.13 Å². The molecule has 0 saturated carbocycles. The number of hydrogen-bond acceptors (Lipinski definition) is 10. The molecule has 0 spiro atoms. The fourth-order valence-corrected chi connectivity index (χ4v) is 7.82. The molecular weight excluding hydrogens is 670 g/mol. The predicted molar refractivity (Wildman–Crippen MR) is 189 cm³/mol. The molecule has 48 heavy (non-hydrogen) atoms. The number of fused-ring (bicyclic) bond motifs is 1. The Morgan fingerprint density at radius 2 is 1.92 bits per heavy atom. The van der Waals surface area contributed by atoms with Crippen LogP contribution in [0.5, 0.6) is 17.2 Å². The van der Waals surface area contributed by atoms with Crippen LogP contribution in [0.25, 0.3) is 5.76 Å². The first-order chi connectivity index (χ1) is 23.1. The number of benzene rings is 3. The first-order valence-corrected chi connectivity index (χ1v) is 18.0. The van der Waals surface area contributed by atoms with E-state index in [1.54, 1.807) is 30.3 Å². The number of halogens is 1. The molecule has 3 aromatic carbocycles. The van der Waals surface area contributed by atoms with Crippen molar-refractivity contribution in [2.24, 2.45) is 5.92 Å². The van der Waals surface area contributed by atoms with E-state index in [1.165, 1.54) is 28.0 Å². The number of hydrogen-bond donors (Lipinski definition) is 1. The lowest BCUT2D eigenvalue weighted by Crippen LogP contribution is -2.29. The number of aromatic nitrogens is 2. The van der Waals surface area contributed by atoms with Gasteiger partial charge in [-0.25, -0.2) is 0 Å². The lowest BCUT2D eigenvalue weighted by molar-refractivity contribution is -0.132. The number of anilines is 1. The molecule has 1 saturated heterocycles. The quantitative estimate of drug-likeness (QED) is 0.0512. The third-order valence-corrected chi connectivity index (χ3v) is 10.5. The van der Waals surface area contributed by atoms with Crippen molar-refractivity contribution in [2.45, 2.75) is 62.8 Å². The van der Waals surface area contributed by atoms with E-state index in [4.69, 9.17) is 25.8 Å². The van der Waals surface area contributed by atoms with Crippen molar-refractivity contribution in [3.8, 4) is 17.2 Å². The van der Waals surface area contributed by atoms with Crippen molar-refractivity contribution in [3.05, 3.63) is 93.5 Å². The van der Waals surface area contributed by atoms with Gasteiger partial charge in [0.15, 0.2) is 15.8 Å². The molecule has 9 nitrogen and oxygen atoms in total. The van der Waals surface area contributed by atoms with Crippen LogP contribution in [-0.2, 0) is 21.8 Å². The minimum atomic E-state index is -1.01. The number of nitrogens with zero attached hydrogens (tertiary/aromatic N) is 3. The number of aliphatic hydroxyl groups is 1. The van der Waals surface area contributed by atoms with Gasteiger partial charge in [0, 0.05) is 22.8 Å². The number of thioether (sulfide) groups is 1. The molecule has 2 aliphatic heterocycles. The van der Waals surface area contributed by atoms with Crippen molar-refractivity contribution >= 4 is 57.3 Å². The van der Waals surface area contributed by atoms with E-state index in [-0.39, 0.29) is 22.6 Å². The summed E-state index contributed by atoms with van der Waals surface area (Å²) in [7, 11) is 0. The zero-order valence-electron chi connectivity index (χ0n) is 27.1. The van der Waals surface area contributed by atoms with Crippen molar-refractivity contribution in [3.63, 3.8) is 0 Å². The van der Waals surface area contributed by atoms with Crippen molar-refractivity contribution in [2.75, 3.05) is 18.1 Å². The highest BCUT2D eigenvalue weighted by molar-refractivity contribution is 8.00. The van der Waals surface area contributed by atoms with Gasteiger partial charge in [0.1, 0.15) is 17.6 Å². The fourth-order valence-electron chi connectivity index (χ4n) is 5.67. The molecule has 0 radical (unpaired) electrons.